The van der Waals surface area contributed by atoms with Crippen molar-refractivity contribution < 1.29 is 13.2 Å². The molecule has 0 bridgehead atoms. The van der Waals surface area contributed by atoms with E-state index in [-0.39, 0.29) is 12.1 Å². The average Bonchev–Trinajstić information content (AvgIpc) is 2.32. The van der Waals surface area contributed by atoms with Gasteiger partial charge >= 0.3 is 6.18 Å². The maximum atomic E-state index is 12.2. The summed E-state index contributed by atoms with van der Waals surface area (Å²) >= 11 is 6.20. The van der Waals surface area contributed by atoms with Crippen LogP contribution in [0.25, 0.3) is 0 Å². The third-order valence-corrected chi connectivity index (χ3v) is 3.37. The Bertz CT molecular complexity index is 467. The molecule has 1 N–H and O–H groups in total. The molecule has 0 atom stereocenters. The highest BCUT2D eigenvalue weighted by Crippen LogP contribution is 2.25. The molecule has 6 heteroatoms. The summed E-state index contributed by atoms with van der Waals surface area (Å²) < 4.78 is 36.7. The molecule has 0 spiro atoms. The summed E-state index contributed by atoms with van der Waals surface area (Å²) in [6.07, 6.45) is -4.98. The lowest BCUT2D eigenvalue weighted by Crippen LogP contribution is -2.35. The molecular formula is C15H22ClF3N2. The fraction of sp³-hybridized carbons (Fsp3) is 0.600. The molecule has 0 fully saturated rings. The van der Waals surface area contributed by atoms with E-state index in [4.69, 9.17) is 11.6 Å². The van der Waals surface area contributed by atoms with Crippen LogP contribution < -0.4 is 10.2 Å². The molecule has 21 heavy (non-hydrogen) atoms. The van der Waals surface area contributed by atoms with Crippen LogP contribution in [0.4, 0.5) is 18.9 Å². The maximum absolute atomic E-state index is 12.2. The molecule has 120 valence electrons. The van der Waals surface area contributed by atoms with Gasteiger partial charge in [0.1, 0.15) is 0 Å². The molecule has 0 unspecified atom stereocenters. The predicted octanol–water partition coefficient (Wildman–Crippen LogP) is 4.62. The number of alkyl halides is 3. The zero-order chi connectivity index (χ0) is 16.3. The SMILES string of the molecule is CN(CCC(F)(F)F)c1ccc(CNC(C)(C)C)c(Cl)c1. The summed E-state index contributed by atoms with van der Waals surface area (Å²) in [5, 5.41) is 3.88. The van der Waals surface area contributed by atoms with Gasteiger partial charge in [0.05, 0.1) is 6.42 Å². The minimum atomic E-state index is -4.14. The lowest BCUT2D eigenvalue weighted by molar-refractivity contribution is -0.132. The Morgan fingerprint density at radius 2 is 1.81 bits per heavy atom. The summed E-state index contributed by atoms with van der Waals surface area (Å²) in [6, 6.07) is 5.35. The molecule has 0 saturated heterocycles. The van der Waals surface area contributed by atoms with Crippen molar-refractivity contribution in [2.45, 2.75) is 45.5 Å². The number of benzene rings is 1. The number of hydrogen-bond acceptors (Lipinski definition) is 2. The van der Waals surface area contributed by atoms with Crippen LogP contribution in [-0.4, -0.2) is 25.3 Å². The largest absolute Gasteiger partial charge is 0.390 e. The van der Waals surface area contributed by atoms with Crippen LogP contribution >= 0.6 is 11.6 Å². The molecule has 0 heterocycles. The molecule has 1 rings (SSSR count). The van der Waals surface area contributed by atoms with Gasteiger partial charge in [0.25, 0.3) is 0 Å². The summed E-state index contributed by atoms with van der Waals surface area (Å²) in [6.45, 7) is 6.70. The molecule has 0 radical (unpaired) electrons. The average molecular weight is 323 g/mol. The van der Waals surface area contributed by atoms with Crippen LogP contribution in [0.5, 0.6) is 0 Å². The van der Waals surface area contributed by atoms with E-state index in [1.807, 2.05) is 6.07 Å². The maximum Gasteiger partial charge on any atom is 0.390 e. The van der Waals surface area contributed by atoms with Gasteiger partial charge in [0.2, 0.25) is 0 Å². The van der Waals surface area contributed by atoms with E-state index in [0.29, 0.717) is 17.3 Å². The lowest BCUT2D eigenvalue weighted by Gasteiger charge is -2.23. The highest BCUT2D eigenvalue weighted by Gasteiger charge is 2.27. The normalized spacial score (nSPS) is 12.6. The number of anilines is 1. The third kappa shape index (κ3) is 7.05. The molecular weight excluding hydrogens is 301 g/mol. The van der Waals surface area contributed by atoms with Crippen molar-refractivity contribution in [3.05, 3.63) is 28.8 Å². The topological polar surface area (TPSA) is 15.3 Å². The second-order valence-electron chi connectivity index (χ2n) is 6.17. The number of nitrogens with one attached hydrogen (secondary N) is 1. The molecule has 0 aliphatic rings. The van der Waals surface area contributed by atoms with Crippen LogP contribution in [0.15, 0.2) is 18.2 Å². The van der Waals surface area contributed by atoms with Gasteiger partial charge in [-0.2, -0.15) is 13.2 Å². The van der Waals surface area contributed by atoms with Crippen molar-refractivity contribution in [3.8, 4) is 0 Å². The van der Waals surface area contributed by atoms with Crippen LogP contribution in [0.3, 0.4) is 0 Å². The number of rotatable bonds is 5. The summed E-state index contributed by atoms with van der Waals surface area (Å²) in [5.74, 6) is 0. The number of halogens is 4. The van der Waals surface area contributed by atoms with Crippen LogP contribution in [0.1, 0.15) is 32.8 Å². The van der Waals surface area contributed by atoms with Gasteiger partial charge < -0.3 is 10.2 Å². The fourth-order valence-corrected chi connectivity index (χ4v) is 1.94. The second kappa shape index (κ2) is 6.88. The van der Waals surface area contributed by atoms with Crippen molar-refractivity contribution in [2.75, 3.05) is 18.5 Å². The van der Waals surface area contributed by atoms with Crippen LogP contribution in [0, 0.1) is 0 Å². The van der Waals surface area contributed by atoms with Crippen molar-refractivity contribution in [1.29, 1.82) is 0 Å². The van der Waals surface area contributed by atoms with Crippen molar-refractivity contribution in [1.82, 2.24) is 5.32 Å². The van der Waals surface area contributed by atoms with Crippen LogP contribution in [0.2, 0.25) is 5.02 Å². The summed E-state index contributed by atoms with van der Waals surface area (Å²) in [4.78, 5) is 1.56. The monoisotopic (exact) mass is 322 g/mol. The van der Waals surface area contributed by atoms with E-state index in [2.05, 4.69) is 26.1 Å². The Morgan fingerprint density at radius 1 is 1.19 bits per heavy atom. The molecule has 1 aromatic rings. The molecule has 0 amide bonds. The van der Waals surface area contributed by atoms with Crippen molar-refractivity contribution in [2.24, 2.45) is 0 Å². The van der Waals surface area contributed by atoms with Gasteiger partial charge in [-0.05, 0) is 38.5 Å². The van der Waals surface area contributed by atoms with Gasteiger partial charge in [0.15, 0.2) is 0 Å². The van der Waals surface area contributed by atoms with E-state index < -0.39 is 12.6 Å². The fourth-order valence-electron chi connectivity index (χ4n) is 1.70. The van der Waals surface area contributed by atoms with Crippen molar-refractivity contribution in [3.63, 3.8) is 0 Å². The van der Waals surface area contributed by atoms with Gasteiger partial charge in [-0.1, -0.05) is 17.7 Å². The van der Waals surface area contributed by atoms with Gasteiger partial charge in [-0.25, -0.2) is 0 Å². The van der Waals surface area contributed by atoms with Gasteiger partial charge in [-0.15, -0.1) is 0 Å². The zero-order valence-electron chi connectivity index (χ0n) is 12.8. The second-order valence-corrected chi connectivity index (χ2v) is 6.57. The van der Waals surface area contributed by atoms with Gasteiger partial charge in [-0.3, -0.25) is 0 Å². The molecule has 0 aliphatic heterocycles. The Labute approximate surface area is 129 Å². The highest BCUT2D eigenvalue weighted by atomic mass is 35.5. The Kier molecular flexibility index (Phi) is 5.93. The smallest absolute Gasteiger partial charge is 0.374 e. The molecule has 0 aliphatic carbocycles. The van der Waals surface area contributed by atoms with E-state index in [0.717, 1.165) is 5.56 Å². The first kappa shape index (κ1) is 18.1. The molecule has 0 aromatic heterocycles. The zero-order valence-corrected chi connectivity index (χ0v) is 13.6. The van der Waals surface area contributed by atoms with E-state index in [1.165, 1.54) is 0 Å². The minimum Gasteiger partial charge on any atom is -0.374 e. The van der Waals surface area contributed by atoms with E-state index >= 15 is 0 Å². The van der Waals surface area contributed by atoms with Gasteiger partial charge in [0, 0.05) is 36.4 Å². The van der Waals surface area contributed by atoms with E-state index in [1.54, 1.807) is 24.1 Å². The Morgan fingerprint density at radius 3 is 2.29 bits per heavy atom. The Hall–Kier alpha value is -0.940. The standard InChI is InChI=1S/C15H22ClF3N2/c1-14(2,3)20-10-11-5-6-12(9-13(11)16)21(4)8-7-15(17,18)19/h5-6,9,20H,7-8,10H2,1-4H3. The van der Waals surface area contributed by atoms with E-state index in [9.17, 15) is 13.2 Å². The molecule has 1 aromatic carbocycles. The number of hydrogen-bond donors (Lipinski definition) is 1. The lowest BCUT2D eigenvalue weighted by atomic mass is 10.1. The highest BCUT2D eigenvalue weighted by molar-refractivity contribution is 6.31. The summed E-state index contributed by atoms with van der Waals surface area (Å²) in [5.41, 5.74) is 1.59. The first-order valence-electron chi connectivity index (χ1n) is 6.79. The minimum absolute atomic E-state index is 0.0223. The first-order valence-corrected chi connectivity index (χ1v) is 7.17. The quantitative estimate of drug-likeness (QED) is 0.851. The predicted molar refractivity (Wildman–Crippen MR) is 82.0 cm³/mol. The Balaban J connectivity index is 2.69. The number of nitrogens with zero attached hydrogens (tertiary/aromatic N) is 1. The van der Waals surface area contributed by atoms with Crippen molar-refractivity contribution >= 4 is 17.3 Å². The molecule has 2 nitrogen and oxygen atoms in total. The summed E-state index contributed by atoms with van der Waals surface area (Å²) in [7, 11) is 1.63. The van der Waals surface area contributed by atoms with Crippen LogP contribution in [-0.2, 0) is 6.54 Å². The molecule has 0 saturated carbocycles. The first-order chi connectivity index (χ1) is 9.48. The third-order valence-electron chi connectivity index (χ3n) is 3.02.